The summed E-state index contributed by atoms with van der Waals surface area (Å²) in [5.41, 5.74) is 2.36. The number of hydrogen-bond donors (Lipinski definition) is 1. The maximum atomic E-state index is 6.23. The van der Waals surface area contributed by atoms with Crippen LogP contribution in [0.15, 0.2) is 47.3 Å². The average Bonchev–Trinajstić information content (AvgIpc) is 3.33. The van der Waals surface area contributed by atoms with Crippen LogP contribution in [0.4, 0.5) is 5.69 Å². The summed E-state index contributed by atoms with van der Waals surface area (Å²) in [6.45, 7) is 3.79. The quantitative estimate of drug-likeness (QED) is 0.914. The van der Waals surface area contributed by atoms with Gasteiger partial charge in [0.15, 0.2) is 0 Å². The molecule has 2 aliphatic heterocycles. The van der Waals surface area contributed by atoms with Gasteiger partial charge in [-0.1, -0.05) is 0 Å². The molecule has 0 unspecified atom stereocenters. The second-order valence-corrected chi connectivity index (χ2v) is 6.86. The van der Waals surface area contributed by atoms with Gasteiger partial charge in [0.05, 0.1) is 37.9 Å². The zero-order valence-corrected chi connectivity index (χ0v) is 14.0. The van der Waals surface area contributed by atoms with Gasteiger partial charge < -0.3 is 19.2 Å². The highest BCUT2D eigenvalue weighted by atomic mass is 16.5. The van der Waals surface area contributed by atoms with Crippen LogP contribution in [0.2, 0.25) is 0 Å². The van der Waals surface area contributed by atoms with E-state index in [4.69, 9.17) is 13.9 Å². The molecule has 1 spiro atoms. The van der Waals surface area contributed by atoms with E-state index >= 15 is 0 Å². The van der Waals surface area contributed by atoms with Crippen LogP contribution in [-0.4, -0.2) is 43.3 Å². The van der Waals surface area contributed by atoms with Gasteiger partial charge in [0, 0.05) is 37.3 Å². The van der Waals surface area contributed by atoms with Crippen molar-refractivity contribution in [3.8, 4) is 5.75 Å². The van der Waals surface area contributed by atoms with Crippen LogP contribution in [0.1, 0.15) is 18.4 Å². The Morgan fingerprint density at radius 1 is 1.29 bits per heavy atom. The number of nitrogens with one attached hydrogen (secondary N) is 1. The van der Waals surface area contributed by atoms with Crippen molar-refractivity contribution in [2.24, 2.45) is 0 Å². The van der Waals surface area contributed by atoms with E-state index in [0.29, 0.717) is 6.04 Å². The third-order valence-corrected chi connectivity index (χ3v) is 5.05. The molecule has 2 aromatic rings. The summed E-state index contributed by atoms with van der Waals surface area (Å²) in [6.07, 6.45) is 5.73. The van der Waals surface area contributed by atoms with Gasteiger partial charge in [0.2, 0.25) is 0 Å². The van der Waals surface area contributed by atoms with Crippen molar-refractivity contribution in [3.63, 3.8) is 0 Å². The number of likely N-dealkylation sites (tertiary alicyclic amines) is 1. The van der Waals surface area contributed by atoms with Crippen molar-refractivity contribution in [2.75, 3.05) is 32.1 Å². The van der Waals surface area contributed by atoms with Gasteiger partial charge >= 0.3 is 0 Å². The van der Waals surface area contributed by atoms with Crippen LogP contribution in [-0.2, 0) is 11.3 Å². The van der Waals surface area contributed by atoms with Crippen molar-refractivity contribution in [2.45, 2.75) is 31.0 Å². The minimum atomic E-state index is 0.00781. The Bertz CT molecular complexity index is 656. The molecule has 0 saturated carbocycles. The molecule has 1 aromatic heterocycles. The first-order valence-electron chi connectivity index (χ1n) is 8.53. The van der Waals surface area contributed by atoms with E-state index in [2.05, 4.69) is 22.3 Å². The van der Waals surface area contributed by atoms with Crippen LogP contribution >= 0.6 is 0 Å². The van der Waals surface area contributed by atoms with Crippen molar-refractivity contribution in [3.05, 3.63) is 48.4 Å². The third-order valence-electron chi connectivity index (χ3n) is 5.05. The van der Waals surface area contributed by atoms with E-state index in [-0.39, 0.29) is 5.60 Å². The van der Waals surface area contributed by atoms with Gasteiger partial charge in [-0.3, -0.25) is 4.90 Å². The fourth-order valence-corrected chi connectivity index (χ4v) is 3.85. The van der Waals surface area contributed by atoms with E-state index in [1.54, 1.807) is 13.4 Å². The Kier molecular flexibility index (Phi) is 4.21. The Labute approximate surface area is 142 Å². The highest BCUT2D eigenvalue weighted by Gasteiger charge is 2.45. The molecule has 128 valence electrons. The minimum absolute atomic E-state index is 0.00781. The molecule has 2 saturated heterocycles. The van der Waals surface area contributed by atoms with Gasteiger partial charge in [-0.25, -0.2) is 0 Å². The summed E-state index contributed by atoms with van der Waals surface area (Å²) in [7, 11) is 1.69. The Morgan fingerprint density at radius 3 is 2.92 bits per heavy atom. The normalized spacial score (nSPS) is 27.0. The van der Waals surface area contributed by atoms with Crippen LogP contribution in [0.3, 0.4) is 0 Å². The van der Waals surface area contributed by atoms with Crippen LogP contribution in [0.25, 0.3) is 0 Å². The summed E-state index contributed by atoms with van der Waals surface area (Å²) in [5.74, 6) is 0.880. The summed E-state index contributed by atoms with van der Waals surface area (Å²) in [4.78, 5) is 2.46. The molecule has 24 heavy (non-hydrogen) atoms. The van der Waals surface area contributed by atoms with E-state index < -0.39 is 0 Å². The molecule has 5 nitrogen and oxygen atoms in total. The predicted octanol–water partition coefficient (Wildman–Crippen LogP) is 3.13. The van der Waals surface area contributed by atoms with Gasteiger partial charge in [-0.15, -0.1) is 0 Å². The first-order valence-corrected chi connectivity index (χ1v) is 8.53. The lowest BCUT2D eigenvalue weighted by Crippen LogP contribution is -2.33. The lowest BCUT2D eigenvalue weighted by Gasteiger charge is -2.23. The number of furan rings is 1. The zero-order chi connectivity index (χ0) is 16.4. The van der Waals surface area contributed by atoms with Gasteiger partial charge in [0.1, 0.15) is 5.75 Å². The van der Waals surface area contributed by atoms with E-state index in [0.717, 1.165) is 50.5 Å². The van der Waals surface area contributed by atoms with E-state index in [1.165, 1.54) is 5.56 Å². The zero-order valence-electron chi connectivity index (χ0n) is 14.0. The number of ether oxygens (including phenoxy) is 2. The fourth-order valence-electron chi connectivity index (χ4n) is 3.85. The molecular formula is C19H24N2O3. The highest BCUT2D eigenvalue weighted by Crippen LogP contribution is 2.36. The number of nitrogens with zero attached hydrogens (tertiary/aromatic N) is 1. The topological polar surface area (TPSA) is 46.9 Å². The summed E-state index contributed by atoms with van der Waals surface area (Å²) < 4.78 is 16.6. The average molecular weight is 328 g/mol. The third kappa shape index (κ3) is 3.28. The molecule has 0 amide bonds. The van der Waals surface area contributed by atoms with Crippen LogP contribution in [0, 0.1) is 0 Å². The Morgan fingerprint density at radius 2 is 2.17 bits per heavy atom. The summed E-state index contributed by atoms with van der Waals surface area (Å²) >= 11 is 0. The van der Waals surface area contributed by atoms with Crippen molar-refractivity contribution >= 4 is 5.69 Å². The number of hydrogen-bond acceptors (Lipinski definition) is 5. The largest absolute Gasteiger partial charge is 0.497 e. The summed E-state index contributed by atoms with van der Waals surface area (Å²) in [6, 6.07) is 10.5. The SMILES string of the molecule is COc1ccc(N[C@H]2CO[C@@]3(CCN(Cc4ccoc4)C3)C2)cc1. The first kappa shape index (κ1) is 15.5. The van der Waals surface area contributed by atoms with Gasteiger partial charge in [-0.05, 0) is 36.8 Å². The molecule has 1 N–H and O–H groups in total. The molecule has 2 fully saturated rings. The molecule has 3 heterocycles. The molecule has 2 aliphatic rings. The second kappa shape index (κ2) is 6.49. The number of rotatable bonds is 5. The molecule has 0 aliphatic carbocycles. The second-order valence-electron chi connectivity index (χ2n) is 6.86. The maximum Gasteiger partial charge on any atom is 0.119 e. The summed E-state index contributed by atoms with van der Waals surface area (Å²) in [5, 5.41) is 3.59. The Balaban J connectivity index is 1.32. The van der Waals surface area contributed by atoms with Crippen LogP contribution in [0.5, 0.6) is 5.75 Å². The van der Waals surface area contributed by atoms with Crippen molar-refractivity contribution < 1.29 is 13.9 Å². The van der Waals surface area contributed by atoms with E-state index in [1.807, 2.05) is 24.5 Å². The van der Waals surface area contributed by atoms with Gasteiger partial charge in [-0.2, -0.15) is 0 Å². The molecule has 2 atom stereocenters. The van der Waals surface area contributed by atoms with Crippen LogP contribution < -0.4 is 10.1 Å². The first-order chi connectivity index (χ1) is 11.7. The monoisotopic (exact) mass is 328 g/mol. The molecular weight excluding hydrogens is 304 g/mol. The molecule has 0 bridgehead atoms. The lowest BCUT2D eigenvalue weighted by atomic mass is 9.97. The van der Waals surface area contributed by atoms with E-state index in [9.17, 15) is 0 Å². The maximum absolute atomic E-state index is 6.23. The Hall–Kier alpha value is -1.98. The molecule has 5 heteroatoms. The highest BCUT2D eigenvalue weighted by molar-refractivity contribution is 5.47. The lowest BCUT2D eigenvalue weighted by molar-refractivity contribution is 0.0120. The number of anilines is 1. The fraction of sp³-hybridized carbons (Fsp3) is 0.474. The minimum Gasteiger partial charge on any atom is -0.497 e. The standard InChI is InChI=1S/C19H24N2O3/c1-22-18-4-2-16(3-5-18)20-17-10-19(24-13-17)7-8-21(14-19)11-15-6-9-23-12-15/h2-6,9,12,17,20H,7-8,10-11,13-14H2,1H3/t17-,19+/m1/s1. The van der Waals surface area contributed by atoms with Gasteiger partial charge in [0.25, 0.3) is 0 Å². The smallest absolute Gasteiger partial charge is 0.119 e. The number of benzene rings is 1. The molecule has 4 rings (SSSR count). The molecule has 0 radical (unpaired) electrons. The van der Waals surface area contributed by atoms with Crippen molar-refractivity contribution in [1.82, 2.24) is 4.90 Å². The number of methoxy groups -OCH3 is 1. The molecule has 1 aromatic carbocycles. The van der Waals surface area contributed by atoms with Crippen molar-refractivity contribution in [1.29, 1.82) is 0 Å². The predicted molar refractivity (Wildman–Crippen MR) is 92.3 cm³/mol.